The molecule has 4 saturated heterocycles. The van der Waals surface area contributed by atoms with Crippen molar-refractivity contribution in [2.24, 2.45) is 5.92 Å². The lowest BCUT2D eigenvalue weighted by atomic mass is 9.89. The number of aliphatic hydroxyl groups excluding tert-OH is 1. The molecule has 5 atom stereocenters. The fourth-order valence-corrected chi connectivity index (χ4v) is 8.42. The summed E-state index contributed by atoms with van der Waals surface area (Å²) in [6.45, 7) is 1.13. The van der Waals surface area contributed by atoms with Crippen molar-refractivity contribution in [1.82, 2.24) is 19.4 Å². The van der Waals surface area contributed by atoms with E-state index in [9.17, 15) is 14.7 Å². The molecule has 5 heterocycles. The van der Waals surface area contributed by atoms with Gasteiger partial charge >= 0.3 is 0 Å². The maximum absolute atomic E-state index is 14.1. The van der Waals surface area contributed by atoms with Crippen molar-refractivity contribution in [2.75, 3.05) is 13.1 Å². The lowest BCUT2D eigenvalue weighted by Crippen LogP contribution is -2.50. The molecular formula is C31H42N4O4. The monoisotopic (exact) mass is 534 g/mol. The van der Waals surface area contributed by atoms with E-state index in [0.717, 1.165) is 36.7 Å². The summed E-state index contributed by atoms with van der Waals surface area (Å²) in [4.78, 5) is 37.0. The van der Waals surface area contributed by atoms with Crippen LogP contribution in [0.25, 0.3) is 11.0 Å². The molecule has 39 heavy (non-hydrogen) atoms. The van der Waals surface area contributed by atoms with Crippen molar-refractivity contribution in [1.29, 1.82) is 0 Å². The topological polar surface area (TPSA) is 91.2 Å². The minimum absolute atomic E-state index is 0.0599. The first-order valence-corrected chi connectivity index (χ1v) is 15.5. The zero-order valence-corrected chi connectivity index (χ0v) is 22.9. The highest BCUT2D eigenvalue weighted by molar-refractivity contribution is 5.94. The summed E-state index contributed by atoms with van der Waals surface area (Å²) in [6, 6.07) is 9.66. The zero-order valence-electron chi connectivity index (χ0n) is 22.9. The molecule has 1 N–H and O–H groups in total. The smallest absolute Gasteiger partial charge is 0.282 e. The summed E-state index contributed by atoms with van der Waals surface area (Å²) < 4.78 is 7.19. The molecular weight excluding hydrogens is 492 g/mol. The number of amides is 1. The van der Waals surface area contributed by atoms with Gasteiger partial charge in [0.15, 0.2) is 12.0 Å². The molecule has 2 aromatic rings. The second-order valence-electron chi connectivity index (χ2n) is 12.7. The minimum atomic E-state index is -0.652. The molecule has 1 aliphatic carbocycles. The van der Waals surface area contributed by atoms with Crippen LogP contribution >= 0.6 is 0 Å². The number of likely N-dealkylation sites (tertiary alicyclic amines) is 1. The van der Waals surface area contributed by atoms with E-state index in [1.54, 1.807) is 4.90 Å². The van der Waals surface area contributed by atoms with Crippen LogP contribution < -0.4 is 5.56 Å². The van der Waals surface area contributed by atoms with Crippen molar-refractivity contribution < 1.29 is 14.6 Å². The van der Waals surface area contributed by atoms with Crippen molar-refractivity contribution >= 4 is 16.9 Å². The molecule has 7 rings (SSSR count). The van der Waals surface area contributed by atoms with Crippen LogP contribution in [-0.4, -0.2) is 74.0 Å². The Hall–Kier alpha value is -2.29. The van der Waals surface area contributed by atoms with Crippen LogP contribution in [0, 0.1) is 5.92 Å². The standard InChI is InChI=1S/C31H42N4O4/c36-29(33-16-14-20(15-17-33)28-31(38)39-28)27-30(37)35(26-11-7-6-10-25(26)32-27)24-18-22-12-13-23(19-24)34(22)21-8-4-2-1-3-5-9-21/h6-7,10-11,20-24,28,31,38H,1-5,8-9,12-19H2/t22-,23+,24+,28?,31?. The Morgan fingerprint density at radius 2 is 1.49 bits per heavy atom. The van der Waals surface area contributed by atoms with E-state index >= 15 is 0 Å². The molecule has 1 aromatic carbocycles. The molecule has 2 bridgehead atoms. The van der Waals surface area contributed by atoms with Gasteiger partial charge in [-0.2, -0.15) is 0 Å². The Morgan fingerprint density at radius 3 is 2.15 bits per heavy atom. The molecule has 0 radical (unpaired) electrons. The lowest BCUT2D eigenvalue weighted by Gasteiger charge is -2.45. The van der Waals surface area contributed by atoms with Crippen LogP contribution in [-0.2, 0) is 4.74 Å². The second-order valence-corrected chi connectivity index (χ2v) is 12.7. The number of carbonyl (C=O) groups excluding carboxylic acids is 1. The van der Waals surface area contributed by atoms with E-state index in [1.807, 2.05) is 28.8 Å². The fraction of sp³-hybridized carbons (Fsp3) is 0.710. The van der Waals surface area contributed by atoms with Gasteiger partial charge in [0.1, 0.15) is 6.10 Å². The van der Waals surface area contributed by atoms with Gasteiger partial charge in [-0.05, 0) is 69.4 Å². The number of carbonyl (C=O) groups is 1. The first kappa shape index (κ1) is 25.7. The molecule has 1 amide bonds. The van der Waals surface area contributed by atoms with Crippen LogP contribution in [0.1, 0.15) is 100 Å². The number of benzene rings is 1. The summed E-state index contributed by atoms with van der Waals surface area (Å²) in [7, 11) is 0. The summed E-state index contributed by atoms with van der Waals surface area (Å²) in [5.74, 6) is 0.00825. The number of aromatic nitrogens is 2. The van der Waals surface area contributed by atoms with Gasteiger partial charge in [0.25, 0.3) is 11.5 Å². The van der Waals surface area contributed by atoms with Gasteiger partial charge < -0.3 is 19.3 Å². The summed E-state index contributed by atoms with van der Waals surface area (Å²) in [5, 5.41) is 9.62. The average molecular weight is 535 g/mol. The van der Waals surface area contributed by atoms with E-state index in [1.165, 1.54) is 57.8 Å². The predicted molar refractivity (Wildman–Crippen MR) is 149 cm³/mol. The van der Waals surface area contributed by atoms with Crippen molar-refractivity contribution in [3.05, 3.63) is 40.3 Å². The Balaban J connectivity index is 1.15. The maximum atomic E-state index is 14.1. The third-order valence-corrected chi connectivity index (χ3v) is 10.4. The van der Waals surface area contributed by atoms with Gasteiger partial charge in [0.2, 0.25) is 0 Å². The number of hydrogen-bond acceptors (Lipinski definition) is 6. The number of rotatable bonds is 4. The third-order valence-electron chi connectivity index (χ3n) is 10.4. The van der Waals surface area contributed by atoms with Crippen LogP contribution in [0.2, 0.25) is 0 Å². The first-order chi connectivity index (χ1) is 19.1. The van der Waals surface area contributed by atoms with E-state index in [4.69, 9.17) is 4.74 Å². The van der Waals surface area contributed by atoms with Crippen LogP contribution in [0.4, 0.5) is 0 Å². The van der Waals surface area contributed by atoms with Gasteiger partial charge in [-0.3, -0.25) is 14.5 Å². The Bertz CT molecular complexity index is 1250. The molecule has 1 saturated carbocycles. The maximum Gasteiger partial charge on any atom is 0.282 e. The van der Waals surface area contributed by atoms with Gasteiger partial charge in [-0.25, -0.2) is 4.98 Å². The highest BCUT2D eigenvalue weighted by atomic mass is 16.7. The molecule has 0 spiro atoms. The summed E-state index contributed by atoms with van der Waals surface area (Å²) >= 11 is 0. The molecule has 1 aromatic heterocycles. The van der Waals surface area contributed by atoms with Gasteiger partial charge in [-0.15, -0.1) is 0 Å². The van der Waals surface area contributed by atoms with Crippen molar-refractivity contribution in [2.45, 2.75) is 120 Å². The molecule has 4 aliphatic heterocycles. The van der Waals surface area contributed by atoms with Gasteiger partial charge in [0.05, 0.1) is 11.0 Å². The molecule has 5 fully saturated rings. The van der Waals surface area contributed by atoms with E-state index in [0.29, 0.717) is 31.2 Å². The number of nitrogens with zero attached hydrogens (tertiary/aromatic N) is 4. The predicted octanol–water partition coefficient (Wildman–Crippen LogP) is 4.25. The molecule has 5 aliphatic rings. The number of fused-ring (bicyclic) bond motifs is 3. The van der Waals surface area contributed by atoms with Crippen LogP contribution in [0.15, 0.2) is 29.1 Å². The number of aliphatic hydroxyl groups is 1. The van der Waals surface area contributed by atoms with E-state index in [2.05, 4.69) is 9.88 Å². The largest absolute Gasteiger partial charge is 0.366 e. The molecule has 210 valence electrons. The number of ether oxygens (including phenoxy) is 1. The Morgan fingerprint density at radius 1 is 0.846 bits per heavy atom. The second kappa shape index (κ2) is 10.6. The lowest BCUT2D eigenvalue weighted by molar-refractivity contribution is 0.0495. The molecule has 8 heteroatoms. The van der Waals surface area contributed by atoms with Gasteiger partial charge in [-0.1, -0.05) is 44.2 Å². The minimum Gasteiger partial charge on any atom is -0.366 e. The average Bonchev–Trinajstić information content (AvgIpc) is 3.61. The van der Waals surface area contributed by atoms with Gasteiger partial charge in [0, 0.05) is 37.3 Å². The number of epoxide rings is 1. The summed E-state index contributed by atoms with van der Waals surface area (Å²) in [6.07, 6.45) is 14.6. The molecule has 2 unspecified atom stereocenters. The SMILES string of the molecule is O=C(c1nc2ccccc2n([C@H]2C[C@H]3CC[C@@H](C2)N3C2CCCCCCC2)c1=O)N1CCC(C2OC2O)CC1. The van der Waals surface area contributed by atoms with E-state index < -0.39 is 6.29 Å². The fourth-order valence-electron chi connectivity index (χ4n) is 8.42. The zero-order chi connectivity index (χ0) is 26.5. The normalized spacial score (nSPS) is 32.7. The third kappa shape index (κ3) is 4.82. The summed E-state index contributed by atoms with van der Waals surface area (Å²) in [5.41, 5.74) is 1.40. The number of para-hydroxylation sites is 2. The Kier molecular flexibility index (Phi) is 6.97. The Labute approximate surface area is 230 Å². The highest BCUT2D eigenvalue weighted by Crippen LogP contribution is 2.44. The number of piperidine rings is 2. The van der Waals surface area contributed by atoms with Crippen LogP contribution in [0.5, 0.6) is 0 Å². The van der Waals surface area contributed by atoms with Crippen molar-refractivity contribution in [3.8, 4) is 0 Å². The number of hydrogen-bond donors (Lipinski definition) is 1. The molecule has 8 nitrogen and oxygen atoms in total. The van der Waals surface area contributed by atoms with Crippen LogP contribution in [0.3, 0.4) is 0 Å². The first-order valence-electron chi connectivity index (χ1n) is 15.5. The quantitative estimate of drug-likeness (QED) is 0.590. The van der Waals surface area contributed by atoms with E-state index in [-0.39, 0.29) is 35.2 Å². The van der Waals surface area contributed by atoms with Crippen molar-refractivity contribution in [3.63, 3.8) is 0 Å². The highest BCUT2D eigenvalue weighted by Gasteiger charge is 2.46.